The third kappa shape index (κ3) is 5.23. The highest BCUT2D eigenvalue weighted by atomic mass is 16.5. The van der Waals surface area contributed by atoms with Crippen molar-refractivity contribution >= 4 is 11.9 Å². The van der Waals surface area contributed by atoms with Crippen molar-refractivity contribution in [3.8, 4) is 0 Å². The Morgan fingerprint density at radius 2 is 1.43 bits per heavy atom. The van der Waals surface area contributed by atoms with Gasteiger partial charge in [0.25, 0.3) is 0 Å². The maximum Gasteiger partial charge on any atom is 0.308 e. The SMILES string of the molecule is O=C(O)[C@@H](Cc1ccccc1)CN(O)C(=O)Cc1ccccc1. The van der Waals surface area contributed by atoms with E-state index in [0.29, 0.717) is 5.06 Å². The van der Waals surface area contributed by atoms with Crippen LogP contribution < -0.4 is 0 Å². The molecule has 0 saturated heterocycles. The number of carbonyl (C=O) groups excluding carboxylic acids is 1. The van der Waals surface area contributed by atoms with Crippen LogP contribution in [0.15, 0.2) is 60.7 Å². The summed E-state index contributed by atoms with van der Waals surface area (Å²) >= 11 is 0. The van der Waals surface area contributed by atoms with E-state index in [9.17, 15) is 19.9 Å². The number of hydrogen-bond donors (Lipinski definition) is 2. The predicted molar refractivity (Wildman–Crippen MR) is 84.9 cm³/mol. The maximum absolute atomic E-state index is 12.0. The van der Waals surface area contributed by atoms with Gasteiger partial charge in [0.15, 0.2) is 0 Å². The van der Waals surface area contributed by atoms with Crippen molar-refractivity contribution in [1.29, 1.82) is 0 Å². The number of hydroxylamine groups is 2. The van der Waals surface area contributed by atoms with Crippen molar-refractivity contribution in [2.75, 3.05) is 6.54 Å². The van der Waals surface area contributed by atoms with Crippen LogP contribution in [0, 0.1) is 5.92 Å². The van der Waals surface area contributed by atoms with E-state index >= 15 is 0 Å². The van der Waals surface area contributed by atoms with Gasteiger partial charge in [0.05, 0.1) is 18.9 Å². The van der Waals surface area contributed by atoms with Crippen molar-refractivity contribution < 1.29 is 19.9 Å². The summed E-state index contributed by atoms with van der Waals surface area (Å²) in [7, 11) is 0. The van der Waals surface area contributed by atoms with E-state index in [1.165, 1.54) is 0 Å². The van der Waals surface area contributed by atoms with E-state index in [4.69, 9.17) is 0 Å². The largest absolute Gasteiger partial charge is 0.481 e. The number of carbonyl (C=O) groups is 2. The zero-order chi connectivity index (χ0) is 16.7. The summed E-state index contributed by atoms with van der Waals surface area (Å²) in [5.41, 5.74) is 1.62. The van der Waals surface area contributed by atoms with Gasteiger partial charge >= 0.3 is 5.97 Å². The van der Waals surface area contributed by atoms with E-state index in [1.54, 1.807) is 24.3 Å². The molecule has 1 amide bonds. The fourth-order valence-electron chi connectivity index (χ4n) is 2.30. The van der Waals surface area contributed by atoms with Gasteiger partial charge in [0, 0.05) is 0 Å². The summed E-state index contributed by atoms with van der Waals surface area (Å²) in [5, 5.41) is 19.7. The number of benzene rings is 2. The van der Waals surface area contributed by atoms with Crippen molar-refractivity contribution in [2.24, 2.45) is 5.92 Å². The molecule has 0 aliphatic carbocycles. The van der Waals surface area contributed by atoms with Crippen LogP contribution in [0.5, 0.6) is 0 Å². The minimum Gasteiger partial charge on any atom is -0.481 e. The van der Waals surface area contributed by atoms with E-state index in [-0.39, 0.29) is 19.4 Å². The first kappa shape index (κ1) is 16.7. The lowest BCUT2D eigenvalue weighted by Gasteiger charge is -2.20. The van der Waals surface area contributed by atoms with Gasteiger partial charge in [-0.05, 0) is 17.5 Å². The normalized spacial score (nSPS) is 11.7. The molecular formula is C18H19NO4. The van der Waals surface area contributed by atoms with Crippen molar-refractivity contribution in [3.63, 3.8) is 0 Å². The molecular weight excluding hydrogens is 294 g/mol. The minimum absolute atomic E-state index is 0.0367. The molecule has 5 heteroatoms. The third-order valence-corrected chi connectivity index (χ3v) is 3.55. The van der Waals surface area contributed by atoms with Gasteiger partial charge in [0.1, 0.15) is 0 Å². The summed E-state index contributed by atoms with van der Waals surface area (Å²) in [4.78, 5) is 23.4. The summed E-state index contributed by atoms with van der Waals surface area (Å²) in [5.74, 6) is -2.42. The molecule has 5 nitrogen and oxygen atoms in total. The number of rotatable bonds is 7. The first-order valence-electron chi connectivity index (χ1n) is 7.36. The predicted octanol–water partition coefficient (Wildman–Crippen LogP) is 2.39. The Morgan fingerprint density at radius 1 is 0.913 bits per heavy atom. The smallest absolute Gasteiger partial charge is 0.308 e. The molecule has 0 heterocycles. The van der Waals surface area contributed by atoms with Crippen LogP contribution in [-0.2, 0) is 22.4 Å². The second kappa shape index (κ2) is 8.10. The lowest BCUT2D eigenvalue weighted by atomic mass is 9.99. The van der Waals surface area contributed by atoms with Gasteiger partial charge in [0.2, 0.25) is 5.91 Å². The zero-order valence-electron chi connectivity index (χ0n) is 12.6. The van der Waals surface area contributed by atoms with Gasteiger partial charge in [-0.1, -0.05) is 60.7 Å². The molecule has 0 saturated carbocycles. The van der Waals surface area contributed by atoms with Gasteiger partial charge in [-0.3, -0.25) is 14.8 Å². The summed E-state index contributed by atoms with van der Waals surface area (Å²) in [6, 6.07) is 18.2. The second-order valence-corrected chi connectivity index (χ2v) is 5.36. The van der Waals surface area contributed by atoms with Gasteiger partial charge in [-0.15, -0.1) is 0 Å². The molecule has 2 aromatic rings. The fourth-order valence-corrected chi connectivity index (χ4v) is 2.30. The highest BCUT2D eigenvalue weighted by Crippen LogP contribution is 2.11. The average molecular weight is 313 g/mol. The standard InChI is InChI=1S/C18H19NO4/c20-17(12-15-9-5-2-6-10-15)19(23)13-16(18(21)22)11-14-7-3-1-4-8-14/h1-10,16,23H,11-13H2,(H,21,22)/t16-/m0/s1. The number of carboxylic acids is 1. The van der Waals surface area contributed by atoms with E-state index < -0.39 is 17.8 Å². The van der Waals surface area contributed by atoms with Crippen LogP contribution in [0.3, 0.4) is 0 Å². The van der Waals surface area contributed by atoms with Gasteiger partial charge < -0.3 is 5.11 Å². The maximum atomic E-state index is 12.0. The topological polar surface area (TPSA) is 77.8 Å². The molecule has 1 atom stereocenters. The van der Waals surface area contributed by atoms with Crippen LogP contribution in [0.4, 0.5) is 0 Å². The quantitative estimate of drug-likeness (QED) is 0.608. The van der Waals surface area contributed by atoms with Crippen LogP contribution in [0.2, 0.25) is 0 Å². The molecule has 23 heavy (non-hydrogen) atoms. The number of nitrogens with zero attached hydrogens (tertiary/aromatic N) is 1. The van der Waals surface area contributed by atoms with E-state index in [0.717, 1.165) is 11.1 Å². The average Bonchev–Trinajstić information content (AvgIpc) is 2.56. The number of amides is 1. The zero-order valence-corrected chi connectivity index (χ0v) is 12.6. The highest BCUT2D eigenvalue weighted by molar-refractivity contribution is 5.78. The molecule has 2 aromatic carbocycles. The Hall–Kier alpha value is -2.66. The van der Waals surface area contributed by atoms with Crippen LogP contribution in [-0.4, -0.2) is 33.8 Å². The first-order chi connectivity index (χ1) is 11.1. The molecule has 0 bridgehead atoms. The van der Waals surface area contributed by atoms with Crippen molar-refractivity contribution in [1.82, 2.24) is 5.06 Å². The number of aliphatic carboxylic acids is 1. The second-order valence-electron chi connectivity index (χ2n) is 5.36. The molecule has 0 radical (unpaired) electrons. The van der Waals surface area contributed by atoms with E-state index in [1.807, 2.05) is 36.4 Å². The Labute approximate surface area is 134 Å². The molecule has 0 aliphatic heterocycles. The van der Waals surface area contributed by atoms with Gasteiger partial charge in [-0.2, -0.15) is 0 Å². The van der Waals surface area contributed by atoms with Crippen LogP contribution in [0.25, 0.3) is 0 Å². The molecule has 0 aromatic heterocycles. The number of carboxylic acid groups (broad SMARTS) is 1. The highest BCUT2D eigenvalue weighted by Gasteiger charge is 2.23. The monoisotopic (exact) mass is 313 g/mol. The Kier molecular flexibility index (Phi) is 5.88. The summed E-state index contributed by atoms with van der Waals surface area (Å²) in [6.45, 7) is -0.240. The Balaban J connectivity index is 1.96. The Bertz CT molecular complexity index is 643. The Morgan fingerprint density at radius 3 is 1.96 bits per heavy atom. The fraction of sp³-hybridized carbons (Fsp3) is 0.222. The van der Waals surface area contributed by atoms with Crippen LogP contribution >= 0.6 is 0 Å². The lowest BCUT2D eigenvalue weighted by molar-refractivity contribution is -0.170. The molecule has 0 aliphatic rings. The molecule has 120 valence electrons. The van der Waals surface area contributed by atoms with Crippen LogP contribution in [0.1, 0.15) is 11.1 Å². The third-order valence-electron chi connectivity index (χ3n) is 3.55. The number of hydrogen-bond acceptors (Lipinski definition) is 3. The molecule has 0 unspecified atom stereocenters. The first-order valence-corrected chi connectivity index (χ1v) is 7.36. The molecule has 2 rings (SSSR count). The lowest BCUT2D eigenvalue weighted by Crippen LogP contribution is -2.37. The van der Waals surface area contributed by atoms with Gasteiger partial charge in [-0.25, -0.2) is 5.06 Å². The molecule has 2 N–H and O–H groups in total. The van der Waals surface area contributed by atoms with E-state index in [2.05, 4.69) is 0 Å². The molecule has 0 fully saturated rings. The van der Waals surface area contributed by atoms with Crippen molar-refractivity contribution in [3.05, 3.63) is 71.8 Å². The molecule has 0 spiro atoms. The summed E-state index contributed by atoms with van der Waals surface area (Å²) < 4.78 is 0. The summed E-state index contributed by atoms with van der Waals surface area (Å²) in [6.07, 6.45) is 0.293. The van der Waals surface area contributed by atoms with Crippen molar-refractivity contribution in [2.45, 2.75) is 12.8 Å². The minimum atomic E-state index is -1.04.